The van der Waals surface area contributed by atoms with E-state index in [1.165, 1.54) is 11.2 Å². The van der Waals surface area contributed by atoms with E-state index >= 15 is 0 Å². The van der Waals surface area contributed by atoms with E-state index in [-0.39, 0.29) is 6.04 Å². The monoisotopic (exact) mass is 718 g/mol. The maximum absolute atomic E-state index is 4.95. The molecule has 10 aromatic rings. The molecule has 264 valence electrons. The van der Waals surface area contributed by atoms with E-state index in [1.807, 2.05) is 61.4 Å². The SMILES string of the molecule is C1=CC(n2c3ccc(-c4cccc(-c5cccnc5)c4)cc3c3ncccc32)CC(n2c3ccc(-c4cccc(-c5cccnc5)c4)cc3c3ncccc32)=C1. The summed E-state index contributed by atoms with van der Waals surface area (Å²) in [6.45, 7) is 0. The quantitative estimate of drug-likeness (QED) is 0.172. The predicted molar refractivity (Wildman–Crippen MR) is 229 cm³/mol. The van der Waals surface area contributed by atoms with Gasteiger partial charge in [0.2, 0.25) is 0 Å². The fourth-order valence-corrected chi connectivity index (χ4v) is 8.54. The Hall–Kier alpha value is -7.44. The molecule has 1 aliphatic rings. The molecule has 11 rings (SSSR count). The second-order valence-corrected chi connectivity index (χ2v) is 14.4. The lowest BCUT2D eigenvalue weighted by atomic mass is 9.99. The first-order valence-corrected chi connectivity index (χ1v) is 18.9. The highest BCUT2D eigenvalue weighted by molar-refractivity contribution is 6.10. The van der Waals surface area contributed by atoms with Crippen LogP contribution in [0.4, 0.5) is 0 Å². The maximum atomic E-state index is 4.95. The van der Waals surface area contributed by atoms with Crippen LogP contribution in [0.25, 0.3) is 94.1 Å². The lowest BCUT2D eigenvalue weighted by Gasteiger charge is -2.24. The van der Waals surface area contributed by atoms with Gasteiger partial charge in [0.05, 0.1) is 39.1 Å². The predicted octanol–water partition coefficient (Wildman–Crippen LogP) is 12.2. The van der Waals surface area contributed by atoms with Gasteiger partial charge >= 0.3 is 0 Å². The van der Waals surface area contributed by atoms with Crippen molar-refractivity contribution in [2.45, 2.75) is 12.5 Å². The van der Waals surface area contributed by atoms with Crippen molar-refractivity contribution in [3.05, 3.63) is 189 Å². The Morgan fingerprint density at radius 2 is 0.964 bits per heavy atom. The highest BCUT2D eigenvalue weighted by Gasteiger charge is 2.24. The van der Waals surface area contributed by atoms with Gasteiger partial charge in [-0.15, -0.1) is 0 Å². The van der Waals surface area contributed by atoms with Crippen LogP contribution in [0.5, 0.6) is 0 Å². The number of hydrogen-bond donors (Lipinski definition) is 0. The zero-order valence-corrected chi connectivity index (χ0v) is 30.4. The highest BCUT2D eigenvalue weighted by Crippen LogP contribution is 2.41. The first-order valence-electron chi connectivity index (χ1n) is 18.9. The molecule has 6 nitrogen and oxygen atoms in total. The van der Waals surface area contributed by atoms with Crippen LogP contribution in [0.2, 0.25) is 0 Å². The molecule has 4 aromatic carbocycles. The standard InChI is InChI=1S/C50H34N6/c1-8-33(26-35(10-1)39-12-4-22-51-31-39)37-18-20-45-43(28-37)49-47(16-6-24-53-49)55(45)41-14-3-15-42(30-41)56-46-21-19-38(29-44(46)50-48(56)17-7-25-54-50)34-9-2-11-36(27-34)40-13-5-23-52-32-40/h1-29,31-32,41H,30H2. The van der Waals surface area contributed by atoms with E-state index in [9.17, 15) is 0 Å². The zero-order chi connectivity index (χ0) is 37.0. The van der Waals surface area contributed by atoms with Crippen molar-refractivity contribution in [3.8, 4) is 44.5 Å². The number of nitrogens with zero attached hydrogens (tertiary/aromatic N) is 6. The summed E-state index contributed by atoms with van der Waals surface area (Å²) >= 11 is 0. The van der Waals surface area contributed by atoms with Gasteiger partial charge in [0.25, 0.3) is 0 Å². The molecular weight excluding hydrogens is 685 g/mol. The molecule has 0 spiro atoms. The second-order valence-electron chi connectivity index (χ2n) is 14.4. The largest absolute Gasteiger partial charge is 0.332 e. The Morgan fingerprint density at radius 3 is 1.59 bits per heavy atom. The van der Waals surface area contributed by atoms with Gasteiger partial charge in [-0.3, -0.25) is 19.9 Å². The van der Waals surface area contributed by atoms with Crippen LogP contribution in [-0.2, 0) is 0 Å². The molecule has 1 aliphatic carbocycles. The number of hydrogen-bond acceptors (Lipinski definition) is 4. The van der Waals surface area contributed by atoms with Crippen LogP contribution in [0.3, 0.4) is 0 Å². The average molecular weight is 719 g/mol. The van der Waals surface area contributed by atoms with E-state index in [1.54, 1.807) is 0 Å². The summed E-state index contributed by atoms with van der Waals surface area (Å²) in [5, 5.41) is 2.29. The van der Waals surface area contributed by atoms with Gasteiger partial charge in [-0.2, -0.15) is 0 Å². The van der Waals surface area contributed by atoms with Crippen LogP contribution >= 0.6 is 0 Å². The fraction of sp³-hybridized carbons (Fsp3) is 0.0400. The molecule has 6 heteroatoms. The summed E-state index contributed by atoms with van der Waals surface area (Å²) in [6.07, 6.45) is 18.8. The number of benzene rings is 4. The third-order valence-corrected chi connectivity index (χ3v) is 11.1. The van der Waals surface area contributed by atoms with Gasteiger partial charge in [0.1, 0.15) is 0 Å². The van der Waals surface area contributed by atoms with E-state index < -0.39 is 0 Å². The molecule has 6 aromatic heterocycles. The minimum atomic E-state index is 0.0811. The zero-order valence-electron chi connectivity index (χ0n) is 30.4. The number of allylic oxidation sites excluding steroid dienone is 4. The van der Waals surface area contributed by atoms with Crippen molar-refractivity contribution < 1.29 is 0 Å². The number of rotatable bonds is 6. The molecule has 0 amide bonds. The summed E-state index contributed by atoms with van der Waals surface area (Å²) in [5.74, 6) is 0. The summed E-state index contributed by atoms with van der Waals surface area (Å²) in [6, 6.07) is 47.7. The van der Waals surface area contributed by atoms with Gasteiger partial charge in [-0.05, 0) is 112 Å². The molecule has 0 N–H and O–H groups in total. The molecule has 0 saturated heterocycles. The molecule has 1 unspecified atom stereocenters. The first-order chi connectivity index (χ1) is 27.8. The topological polar surface area (TPSA) is 61.4 Å². The molecule has 1 atom stereocenters. The van der Waals surface area contributed by atoms with E-state index in [0.29, 0.717) is 0 Å². The minimum Gasteiger partial charge on any atom is -0.332 e. The minimum absolute atomic E-state index is 0.0811. The smallest absolute Gasteiger partial charge is 0.0963 e. The van der Waals surface area contributed by atoms with Crippen molar-refractivity contribution >= 4 is 49.6 Å². The normalized spacial score (nSPS) is 14.2. The third-order valence-electron chi connectivity index (χ3n) is 11.1. The molecule has 6 heterocycles. The van der Waals surface area contributed by atoms with Crippen LogP contribution in [-0.4, -0.2) is 29.1 Å². The van der Waals surface area contributed by atoms with Crippen LogP contribution in [0, 0.1) is 0 Å². The second kappa shape index (κ2) is 13.1. The van der Waals surface area contributed by atoms with Crippen LogP contribution < -0.4 is 0 Å². The summed E-state index contributed by atoms with van der Waals surface area (Å²) in [4.78, 5) is 18.6. The Kier molecular flexibility index (Phi) is 7.52. The Labute approximate surface area is 323 Å². The van der Waals surface area contributed by atoms with Gasteiger partial charge < -0.3 is 9.13 Å². The molecule has 0 bridgehead atoms. The molecule has 0 saturated carbocycles. The van der Waals surface area contributed by atoms with Gasteiger partial charge in [-0.25, -0.2) is 0 Å². The first kappa shape index (κ1) is 32.0. The maximum Gasteiger partial charge on any atom is 0.0963 e. The summed E-state index contributed by atoms with van der Waals surface area (Å²) in [5.41, 5.74) is 16.9. The Balaban J connectivity index is 0.981. The van der Waals surface area contributed by atoms with Crippen molar-refractivity contribution in [1.29, 1.82) is 0 Å². The molecule has 0 radical (unpaired) electrons. The van der Waals surface area contributed by atoms with Gasteiger partial charge in [-0.1, -0.05) is 72.8 Å². The molecule has 56 heavy (non-hydrogen) atoms. The van der Waals surface area contributed by atoms with Crippen molar-refractivity contribution in [3.63, 3.8) is 0 Å². The Bertz CT molecular complexity index is 3170. The summed E-state index contributed by atoms with van der Waals surface area (Å²) < 4.78 is 4.87. The Morgan fingerprint density at radius 1 is 0.446 bits per heavy atom. The number of aromatic nitrogens is 6. The van der Waals surface area contributed by atoms with Crippen LogP contribution in [0.15, 0.2) is 189 Å². The lowest BCUT2D eigenvalue weighted by molar-refractivity contribution is 0.645. The average Bonchev–Trinajstić information content (AvgIpc) is 3.79. The number of pyridine rings is 4. The lowest BCUT2D eigenvalue weighted by Crippen LogP contribution is -2.12. The molecular formula is C50H34N6. The van der Waals surface area contributed by atoms with Gasteiger partial charge in [0, 0.05) is 71.2 Å². The van der Waals surface area contributed by atoms with Crippen molar-refractivity contribution in [2.24, 2.45) is 0 Å². The van der Waals surface area contributed by atoms with Crippen LogP contribution in [0.1, 0.15) is 12.5 Å². The molecule has 0 fully saturated rings. The molecule has 0 aliphatic heterocycles. The third kappa shape index (κ3) is 5.34. The van der Waals surface area contributed by atoms with Crippen molar-refractivity contribution in [1.82, 2.24) is 29.1 Å². The highest BCUT2D eigenvalue weighted by atomic mass is 15.1. The van der Waals surface area contributed by atoms with E-state index in [0.717, 1.165) is 89.3 Å². The van der Waals surface area contributed by atoms with Crippen molar-refractivity contribution in [2.75, 3.05) is 0 Å². The number of fused-ring (bicyclic) bond motifs is 6. The fourth-order valence-electron chi connectivity index (χ4n) is 8.54. The van der Waals surface area contributed by atoms with E-state index in [4.69, 9.17) is 9.97 Å². The van der Waals surface area contributed by atoms with E-state index in [2.05, 4.69) is 147 Å². The van der Waals surface area contributed by atoms with Gasteiger partial charge in [0.15, 0.2) is 0 Å². The summed E-state index contributed by atoms with van der Waals surface area (Å²) in [7, 11) is 0.